The van der Waals surface area contributed by atoms with Gasteiger partial charge in [-0.1, -0.05) is 61.2 Å². The number of nitrogens with zero attached hydrogens (tertiary/aromatic N) is 2. The number of rotatable bonds is 5. The van der Waals surface area contributed by atoms with Gasteiger partial charge < -0.3 is 14.5 Å². The van der Waals surface area contributed by atoms with Crippen LogP contribution in [0.2, 0.25) is 0 Å². The molecule has 5 nitrogen and oxygen atoms in total. The Morgan fingerprint density at radius 3 is 2.23 bits per heavy atom. The highest BCUT2D eigenvalue weighted by Crippen LogP contribution is 2.34. The van der Waals surface area contributed by atoms with E-state index in [0.717, 1.165) is 42.6 Å². The summed E-state index contributed by atoms with van der Waals surface area (Å²) < 4.78 is 5.28. The number of carbonyl (C=O) groups is 2. The van der Waals surface area contributed by atoms with Gasteiger partial charge >= 0.3 is 0 Å². The Bertz CT molecular complexity index is 886. The molecule has 2 aromatic rings. The zero-order valence-electron chi connectivity index (χ0n) is 17.8. The van der Waals surface area contributed by atoms with Crippen LogP contribution >= 0.6 is 0 Å². The minimum atomic E-state index is -0.597. The van der Waals surface area contributed by atoms with Gasteiger partial charge in [0.15, 0.2) is 0 Å². The fourth-order valence-electron chi connectivity index (χ4n) is 4.63. The monoisotopic (exact) mass is 406 g/mol. The lowest BCUT2D eigenvalue weighted by Gasteiger charge is -2.44. The largest absolute Gasteiger partial charge is 0.497 e. The van der Waals surface area contributed by atoms with Crippen molar-refractivity contribution in [2.75, 3.05) is 13.7 Å². The van der Waals surface area contributed by atoms with Crippen LogP contribution in [-0.4, -0.2) is 41.3 Å². The number of hydrogen-bond acceptors (Lipinski definition) is 3. The van der Waals surface area contributed by atoms with Gasteiger partial charge in [-0.05, 0) is 43.0 Å². The number of piperazine rings is 1. The molecule has 1 aliphatic carbocycles. The van der Waals surface area contributed by atoms with Gasteiger partial charge in [-0.3, -0.25) is 9.59 Å². The zero-order valence-corrected chi connectivity index (χ0v) is 17.8. The third-order valence-corrected chi connectivity index (χ3v) is 6.38. The fourth-order valence-corrected chi connectivity index (χ4v) is 4.63. The van der Waals surface area contributed by atoms with Crippen molar-refractivity contribution in [3.63, 3.8) is 0 Å². The molecular weight excluding hydrogens is 376 g/mol. The van der Waals surface area contributed by atoms with Crippen LogP contribution in [0.15, 0.2) is 48.5 Å². The molecule has 1 heterocycles. The molecule has 0 bridgehead atoms. The Labute approximate surface area is 178 Å². The Morgan fingerprint density at radius 1 is 0.933 bits per heavy atom. The number of hydrogen-bond donors (Lipinski definition) is 0. The van der Waals surface area contributed by atoms with Crippen molar-refractivity contribution in [2.24, 2.45) is 0 Å². The van der Waals surface area contributed by atoms with Crippen LogP contribution in [0.1, 0.15) is 54.8 Å². The summed E-state index contributed by atoms with van der Waals surface area (Å²) in [5, 5.41) is 0. The van der Waals surface area contributed by atoms with Crippen LogP contribution in [0.5, 0.6) is 5.75 Å². The normalized spacial score (nSPS) is 20.5. The number of amides is 2. The Morgan fingerprint density at radius 2 is 1.60 bits per heavy atom. The molecule has 1 saturated heterocycles. The third kappa shape index (κ3) is 4.20. The summed E-state index contributed by atoms with van der Waals surface area (Å²) in [7, 11) is 1.62. The second kappa shape index (κ2) is 8.90. The van der Waals surface area contributed by atoms with Gasteiger partial charge in [-0.25, -0.2) is 0 Å². The van der Waals surface area contributed by atoms with Gasteiger partial charge in [0.1, 0.15) is 18.3 Å². The van der Waals surface area contributed by atoms with Crippen LogP contribution in [0.4, 0.5) is 0 Å². The smallest absolute Gasteiger partial charge is 0.250 e. The molecule has 0 spiro atoms. The average Bonchev–Trinajstić information content (AvgIpc) is 2.78. The maximum Gasteiger partial charge on any atom is 0.250 e. The lowest BCUT2D eigenvalue weighted by atomic mass is 9.91. The molecule has 0 aromatic heterocycles. The first kappa shape index (κ1) is 20.5. The van der Waals surface area contributed by atoms with E-state index >= 15 is 0 Å². The first-order valence-corrected chi connectivity index (χ1v) is 10.9. The second-order valence-corrected chi connectivity index (χ2v) is 8.44. The highest BCUT2D eigenvalue weighted by molar-refractivity contribution is 5.95. The predicted octanol–water partition coefficient (Wildman–Crippen LogP) is 4.25. The van der Waals surface area contributed by atoms with Crippen molar-refractivity contribution in [1.82, 2.24) is 9.80 Å². The number of methoxy groups -OCH3 is 1. The summed E-state index contributed by atoms with van der Waals surface area (Å²) in [4.78, 5) is 30.6. The SMILES string of the molecule is COc1ccc(C2C(=O)N(C3CCCCC3)CC(=O)N2Cc2ccc(C)cc2)cc1. The van der Waals surface area contributed by atoms with Crippen molar-refractivity contribution in [3.05, 3.63) is 65.2 Å². The van der Waals surface area contributed by atoms with Crippen molar-refractivity contribution in [2.45, 2.75) is 57.7 Å². The minimum absolute atomic E-state index is 0.0153. The summed E-state index contributed by atoms with van der Waals surface area (Å²) in [6.07, 6.45) is 5.46. The molecule has 158 valence electrons. The van der Waals surface area contributed by atoms with Crippen molar-refractivity contribution in [1.29, 1.82) is 0 Å². The van der Waals surface area contributed by atoms with Crippen LogP contribution in [0.3, 0.4) is 0 Å². The molecule has 2 amide bonds. The lowest BCUT2D eigenvalue weighted by Crippen LogP contribution is -2.58. The summed E-state index contributed by atoms with van der Waals surface area (Å²) in [6, 6.07) is 15.3. The van der Waals surface area contributed by atoms with E-state index in [9.17, 15) is 9.59 Å². The van der Waals surface area contributed by atoms with Crippen LogP contribution < -0.4 is 4.74 Å². The van der Waals surface area contributed by atoms with Crippen LogP contribution in [-0.2, 0) is 16.1 Å². The quantitative estimate of drug-likeness (QED) is 0.746. The van der Waals surface area contributed by atoms with E-state index < -0.39 is 6.04 Å². The molecule has 2 fully saturated rings. The first-order valence-electron chi connectivity index (χ1n) is 10.9. The summed E-state index contributed by atoms with van der Waals surface area (Å²) in [5.41, 5.74) is 3.04. The first-order chi connectivity index (χ1) is 14.6. The van der Waals surface area contributed by atoms with E-state index in [2.05, 4.69) is 0 Å². The van der Waals surface area contributed by atoms with Gasteiger partial charge in [0.25, 0.3) is 5.91 Å². The van der Waals surface area contributed by atoms with Gasteiger partial charge in [0.2, 0.25) is 5.91 Å². The molecule has 0 radical (unpaired) electrons. The average molecular weight is 407 g/mol. The topological polar surface area (TPSA) is 49.9 Å². The lowest BCUT2D eigenvalue weighted by molar-refractivity contribution is -0.160. The van der Waals surface area contributed by atoms with Crippen LogP contribution in [0.25, 0.3) is 0 Å². The van der Waals surface area contributed by atoms with Crippen LogP contribution in [0, 0.1) is 6.92 Å². The Kier molecular flexibility index (Phi) is 6.07. The van der Waals surface area contributed by atoms with Gasteiger partial charge in [-0.2, -0.15) is 0 Å². The van der Waals surface area contributed by atoms with Gasteiger partial charge in [0.05, 0.1) is 7.11 Å². The maximum atomic E-state index is 13.7. The molecule has 1 atom stereocenters. The molecule has 1 saturated carbocycles. The third-order valence-electron chi connectivity index (χ3n) is 6.38. The van der Waals surface area contributed by atoms with E-state index in [1.165, 1.54) is 12.0 Å². The molecule has 30 heavy (non-hydrogen) atoms. The molecule has 1 unspecified atom stereocenters. The van der Waals surface area contributed by atoms with Gasteiger partial charge in [0, 0.05) is 12.6 Å². The highest BCUT2D eigenvalue weighted by atomic mass is 16.5. The summed E-state index contributed by atoms with van der Waals surface area (Å²) in [5.74, 6) is 0.794. The second-order valence-electron chi connectivity index (χ2n) is 8.44. The molecule has 4 rings (SSSR count). The molecule has 1 aliphatic heterocycles. The van der Waals surface area contributed by atoms with Crippen molar-refractivity contribution < 1.29 is 14.3 Å². The van der Waals surface area contributed by atoms with E-state index in [0.29, 0.717) is 6.54 Å². The Balaban J connectivity index is 1.66. The number of ether oxygens (including phenoxy) is 1. The van der Waals surface area contributed by atoms with Crippen molar-refractivity contribution in [3.8, 4) is 5.75 Å². The number of aryl methyl sites for hydroxylation is 1. The Hall–Kier alpha value is -2.82. The van der Waals surface area contributed by atoms with Crippen molar-refractivity contribution >= 4 is 11.8 Å². The molecule has 2 aliphatic rings. The van der Waals surface area contributed by atoms with E-state index in [1.807, 2.05) is 60.4 Å². The summed E-state index contributed by atoms with van der Waals surface area (Å²) in [6.45, 7) is 2.66. The van der Waals surface area contributed by atoms with E-state index in [4.69, 9.17) is 4.74 Å². The maximum absolute atomic E-state index is 13.7. The highest BCUT2D eigenvalue weighted by Gasteiger charge is 2.42. The molecule has 0 N–H and O–H groups in total. The number of carbonyl (C=O) groups excluding carboxylic acids is 2. The fraction of sp³-hybridized carbons (Fsp3) is 0.440. The molecular formula is C25H30N2O3. The van der Waals surface area contributed by atoms with E-state index in [1.54, 1.807) is 12.0 Å². The van der Waals surface area contributed by atoms with Gasteiger partial charge in [-0.15, -0.1) is 0 Å². The zero-order chi connectivity index (χ0) is 21.1. The van der Waals surface area contributed by atoms with E-state index in [-0.39, 0.29) is 24.4 Å². The standard InChI is InChI=1S/C25H30N2O3/c1-18-8-10-19(11-9-18)16-27-23(28)17-26(21-6-4-3-5-7-21)25(29)24(27)20-12-14-22(30-2)15-13-20/h8-15,21,24H,3-7,16-17H2,1-2H3. The molecule has 2 aromatic carbocycles. The summed E-state index contributed by atoms with van der Waals surface area (Å²) >= 11 is 0. The molecule has 5 heteroatoms. The predicted molar refractivity (Wildman–Crippen MR) is 116 cm³/mol. The number of benzene rings is 2. The minimum Gasteiger partial charge on any atom is -0.497 e.